The fourth-order valence-corrected chi connectivity index (χ4v) is 3.59. The van der Waals surface area contributed by atoms with E-state index in [0.29, 0.717) is 5.56 Å². The average molecular weight is 337 g/mol. The second-order valence-corrected chi connectivity index (χ2v) is 6.47. The minimum Gasteiger partial charge on any atom is -0.340 e. The van der Waals surface area contributed by atoms with E-state index < -0.39 is 0 Å². The molecule has 0 amide bonds. The molecule has 26 heavy (non-hydrogen) atoms. The lowest BCUT2D eigenvalue weighted by atomic mass is 10.1. The van der Waals surface area contributed by atoms with E-state index in [1.165, 1.54) is 5.56 Å². The number of nitrogens with zero attached hydrogens (tertiary/aromatic N) is 5. The first-order valence-corrected chi connectivity index (χ1v) is 8.46. The predicted octanol–water partition coefficient (Wildman–Crippen LogP) is 3.94. The van der Waals surface area contributed by atoms with Crippen molar-refractivity contribution in [2.75, 3.05) is 0 Å². The Bertz CT molecular complexity index is 1170. The second-order valence-electron chi connectivity index (χ2n) is 6.47. The van der Waals surface area contributed by atoms with Crippen LogP contribution in [0.15, 0.2) is 60.8 Å². The SMILES string of the molecule is Cc1nnc2n1-c1ccccc1Cn1cc(-c3ccc(C#N)cc3)cc1-2. The third-order valence-electron chi connectivity index (χ3n) is 4.87. The van der Waals surface area contributed by atoms with Gasteiger partial charge in [-0.25, -0.2) is 0 Å². The topological polar surface area (TPSA) is 59.4 Å². The molecule has 2 aromatic carbocycles. The Morgan fingerprint density at radius 2 is 1.81 bits per heavy atom. The molecule has 5 rings (SSSR count). The minimum absolute atomic E-state index is 0.666. The molecule has 124 valence electrons. The second kappa shape index (κ2) is 5.43. The molecule has 0 bridgehead atoms. The quantitative estimate of drug-likeness (QED) is 0.465. The molecular formula is C21H15N5. The van der Waals surface area contributed by atoms with Gasteiger partial charge in [0, 0.05) is 18.3 Å². The van der Waals surface area contributed by atoms with Crippen LogP contribution in [0.2, 0.25) is 0 Å². The molecule has 2 aromatic heterocycles. The van der Waals surface area contributed by atoms with E-state index in [0.717, 1.165) is 40.7 Å². The maximum Gasteiger partial charge on any atom is 0.185 e. The van der Waals surface area contributed by atoms with Gasteiger partial charge in [0.05, 0.1) is 23.0 Å². The van der Waals surface area contributed by atoms with Crippen molar-refractivity contribution in [3.05, 3.63) is 77.7 Å². The number of para-hydroxylation sites is 1. The number of hydrogen-bond acceptors (Lipinski definition) is 3. The fraction of sp³-hybridized carbons (Fsp3) is 0.0952. The van der Waals surface area contributed by atoms with Crippen molar-refractivity contribution in [2.24, 2.45) is 0 Å². The van der Waals surface area contributed by atoms with Gasteiger partial charge in [-0.3, -0.25) is 4.57 Å². The Hall–Kier alpha value is -3.65. The normalized spacial score (nSPS) is 11.8. The summed E-state index contributed by atoms with van der Waals surface area (Å²) in [5.74, 6) is 1.73. The van der Waals surface area contributed by atoms with Crippen molar-refractivity contribution in [1.29, 1.82) is 5.26 Å². The third kappa shape index (κ3) is 2.09. The summed E-state index contributed by atoms with van der Waals surface area (Å²) in [6.07, 6.45) is 2.15. The largest absolute Gasteiger partial charge is 0.340 e. The van der Waals surface area contributed by atoms with Crippen molar-refractivity contribution in [3.8, 4) is 34.4 Å². The Morgan fingerprint density at radius 1 is 1.00 bits per heavy atom. The minimum atomic E-state index is 0.666. The first-order chi connectivity index (χ1) is 12.7. The standard InChI is InChI=1S/C21H15N5/c1-14-23-24-21-20-10-18(16-8-6-15(11-22)7-9-16)13-25(20)12-17-4-2-3-5-19(17)26(14)21/h2-10,13H,12H2,1H3. The van der Waals surface area contributed by atoms with E-state index in [2.05, 4.69) is 55.9 Å². The van der Waals surface area contributed by atoms with Crippen LogP contribution in [0.5, 0.6) is 0 Å². The lowest BCUT2D eigenvalue weighted by Gasteiger charge is -2.09. The van der Waals surface area contributed by atoms with Crippen LogP contribution in [0, 0.1) is 18.3 Å². The zero-order valence-electron chi connectivity index (χ0n) is 14.2. The number of aromatic nitrogens is 4. The van der Waals surface area contributed by atoms with E-state index in [-0.39, 0.29) is 0 Å². The molecular weight excluding hydrogens is 322 g/mol. The maximum absolute atomic E-state index is 9.00. The van der Waals surface area contributed by atoms with Crippen LogP contribution in [0.1, 0.15) is 17.0 Å². The summed E-state index contributed by atoms with van der Waals surface area (Å²) in [5, 5.41) is 17.7. The molecule has 0 spiro atoms. The molecule has 0 N–H and O–H groups in total. The molecule has 1 aliphatic rings. The highest BCUT2D eigenvalue weighted by Gasteiger charge is 2.23. The van der Waals surface area contributed by atoms with Crippen LogP contribution >= 0.6 is 0 Å². The first kappa shape index (κ1) is 14.7. The summed E-state index contributed by atoms with van der Waals surface area (Å²) < 4.78 is 4.34. The Morgan fingerprint density at radius 3 is 2.62 bits per heavy atom. The van der Waals surface area contributed by atoms with Gasteiger partial charge in [-0.2, -0.15) is 5.26 Å². The van der Waals surface area contributed by atoms with Crippen LogP contribution in [-0.4, -0.2) is 19.3 Å². The van der Waals surface area contributed by atoms with E-state index in [1.807, 2.05) is 37.3 Å². The molecule has 0 saturated carbocycles. The van der Waals surface area contributed by atoms with E-state index in [9.17, 15) is 0 Å². The average Bonchev–Trinajstić information content (AvgIpc) is 3.23. The van der Waals surface area contributed by atoms with Gasteiger partial charge in [0.15, 0.2) is 5.82 Å². The number of rotatable bonds is 1. The van der Waals surface area contributed by atoms with Gasteiger partial charge in [0.1, 0.15) is 5.82 Å². The van der Waals surface area contributed by atoms with Gasteiger partial charge in [0.2, 0.25) is 0 Å². The van der Waals surface area contributed by atoms with Gasteiger partial charge in [0.25, 0.3) is 0 Å². The summed E-state index contributed by atoms with van der Waals surface area (Å²) in [6, 6.07) is 20.3. The first-order valence-electron chi connectivity index (χ1n) is 8.46. The number of nitriles is 1. The van der Waals surface area contributed by atoms with Crippen molar-refractivity contribution < 1.29 is 0 Å². The summed E-state index contributed by atoms with van der Waals surface area (Å²) in [5.41, 5.74) is 6.27. The molecule has 0 fully saturated rings. The summed E-state index contributed by atoms with van der Waals surface area (Å²) in [6.45, 7) is 2.76. The number of benzene rings is 2. The van der Waals surface area contributed by atoms with Gasteiger partial charge < -0.3 is 4.57 Å². The molecule has 0 unspecified atom stereocenters. The molecule has 3 heterocycles. The van der Waals surface area contributed by atoms with Gasteiger partial charge in [-0.15, -0.1) is 10.2 Å². The van der Waals surface area contributed by atoms with Gasteiger partial charge in [-0.1, -0.05) is 30.3 Å². The summed E-state index contributed by atoms with van der Waals surface area (Å²) in [7, 11) is 0. The fourth-order valence-electron chi connectivity index (χ4n) is 3.59. The highest BCUT2D eigenvalue weighted by Crippen LogP contribution is 2.34. The molecule has 5 nitrogen and oxygen atoms in total. The van der Waals surface area contributed by atoms with Gasteiger partial charge in [-0.05, 0) is 42.3 Å². The van der Waals surface area contributed by atoms with Crippen LogP contribution in [0.4, 0.5) is 0 Å². The van der Waals surface area contributed by atoms with Crippen molar-refractivity contribution in [1.82, 2.24) is 19.3 Å². The zero-order valence-corrected chi connectivity index (χ0v) is 14.2. The Kier molecular flexibility index (Phi) is 3.06. The van der Waals surface area contributed by atoms with Crippen LogP contribution < -0.4 is 0 Å². The molecule has 0 atom stereocenters. The Labute approximate surface area is 150 Å². The monoisotopic (exact) mass is 337 g/mol. The lowest BCUT2D eigenvalue weighted by Crippen LogP contribution is -2.01. The highest BCUT2D eigenvalue weighted by atomic mass is 15.3. The molecule has 0 saturated heterocycles. The smallest absolute Gasteiger partial charge is 0.185 e. The van der Waals surface area contributed by atoms with E-state index in [4.69, 9.17) is 5.26 Å². The molecule has 0 aliphatic carbocycles. The number of fused-ring (bicyclic) bond motifs is 5. The predicted molar refractivity (Wildman–Crippen MR) is 98.8 cm³/mol. The zero-order chi connectivity index (χ0) is 17.7. The van der Waals surface area contributed by atoms with Crippen LogP contribution in [0.25, 0.3) is 28.3 Å². The number of aryl methyl sites for hydroxylation is 1. The molecule has 5 heteroatoms. The van der Waals surface area contributed by atoms with Crippen molar-refractivity contribution in [2.45, 2.75) is 13.5 Å². The summed E-state index contributed by atoms with van der Waals surface area (Å²) in [4.78, 5) is 0. The van der Waals surface area contributed by atoms with E-state index >= 15 is 0 Å². The molecule has 1 aliphatic heterocycles. The molecule has 0 radical (unpaired) electrons. The third-order valence-corrected chi connectivity index (χ3v) is 4.87. The van der Waals surface area contributed by atoms with Crippen molar-refractivity contribution in [3.63, 3.8) is 0 Å². The van der Waals surface area contributed by atoms with Crippen LogP contribution in [-0.2, 0) is 6.54 Å². The Balaban J connectivity index is 1.71. The van der Waals surface area contributed by atoms with Crippen LogP contribution in [0.3, 0.4) is 0 Å². The number of hydrogen-bond donors (Lipinski definition) is 0. The maximum atomic E-state index is 9.00. The van der Waals surface area contributed by atoms with Gasteiger partial charge >= 0.3 is 0 Å². The lowest BCUT2D eigenvalue weighted by molar-refractivity contribution is 0.815. The highest BCUT2D eigenvalue weighted by molar-refractivity contribution is 5.72. The van der Waals surface area contributed by atoms with E-state index in [1.54, 1.807) is 0 Å². The molecule has 4 aromatic rings. The van der Waals surface area contributed by atoms with Crippen molar-refractivity contribution >= 4 is 0 Å². The summed E-state index contributed by atoms with van der Waals surface area (Å²) >= 11 is 0.